The van der Waals surface area contributed by atoms with Crippen LogP contribution in [0.2, 0.25) is 0 Å². The number of fused-ring (bicyclic) bond motifs is 1. The molecule has 3 nitrogen and oxygen atoms in total. The number of benzene rings is 2. The number of nitrogens with one attached hydrogen (secondary N) is 2. The minimum absolute atomic E-state index is 0.378. The number of carbonyl (C=O) groups excluding carboxylic acids is 1. The van der Waals surface area contributed by atoms with Gasteiger partial charge in [-0.1, -0.05) is 18.2 Å². The average Bonchev–Trinajstić information content (AvgIpc) is 2.92. The Bertz CT molecular complexity index is 693. The van der Waals surface area contributed by atoms with Crippen molar-refractivity contribution in [1.29, 1.82) is 0 Å². The van der Waals surface area contributed by atoms with Crippen molar-refractivity contribution in [2.45, 2.75) is 12.5 Å². The van der Waals surface area contributed by atoms with Gasteiger partial charge in [-0.2, -0.15) is 0 Å². The predicted molar refractivity (Wildman–Crippen MR) is 72.5 cm³/mol. The van der Waals surface area contributed by atoms with Gasteiger partial charge in [0, 0.05) is 12.1 Å². The number of amides is 1. The monoisotopic (exact) mass is 292 g/mol. The van der Waals surface area contributed by atoms with Crippen LogP contribution in [0.3, 0.4) is 0 Å². The van der Waals surface area contributed by atoms with E-state index in [2.05, 4.69) is 10.6 Å². The zero-order valence-corrected chi connectivity index (χ0v) is 10.8. The third kappa shape index (κ3) is 2.44. The minimum Gasteiger partial charge on any atom is -0.373 e. The Morgan fingerprint density at radius 1 is 1.10 bits per heavy atom. The Balaban J connectivity index is 1.76. The first-order valence-corrected chi connectivity index (χ1v) is 6.35. The molecule has 0 radical (unpaired) electrons. The van der Waals surface area contributed by atoms with Crippen molar-refractivity contribution >= 4 is 17.3 Å². The summed E-state index contributed by atoms with van der Waals surface area (Å²) in [6.07, 6.45) is 0.452. The van der Waals surface area contributed by atoms with Crippen molar-refractivity contribution in [3.63, 3.8) is 0 Å². The third-order valence-corrected chi connectivity index (χ3v) is 3.38. The van der Waals surface area contributed by atoms with Gasteiger partial charge in [-0.25, -0.2) is 13.2 Å². The number of hydrogen-bond donors (Lipinski definition) is 2. The van der Waals surface area contributed by atoms with E-state index in [-0.39, 0.29) is 5.69 Å². The molecule has 0 bridgehead atoms. The highest BCUT2D eigenvalue weighted by molar-refractivity contribution is 5.98. The summed E-state index contributed by atoms with van der Waals surface area (Å²) in [4.78, 5) is 12.1. The lowest BCUT2D eigenvalue weighted by atomic mass is 10.1. The largest absolute Gasteiger partial charge is 0.373 e. The molecule has 0 fully saturated rings. The highest BCUT2D eigenvalue weighted by atomic mass is 19.2. The highest BCUT2D eigenvalue weighted by Crippen LogP contribution is 2.26. The van der Waals surface area contributed by atoms with Gasteiger partial charge < -0.3 is 10.6 Å². The van der Waals surface area contributed by atoms with Crippen molar-refractivity contribution in [1.82, 2.24) is 0 Å². The molecule has 1 aliphatic heterocycles. The van der Waals surface area contributed by atoms with Crippen LogP contribution in [0.15, 0.2) is 36.4 Å². The lowest BCUT2D eigenvalue weighted by Crippen LogP contribution is -2.33. The van der Waals surface area contributed by atoms with Crippen LogP contribution in [-0.2, 0) is 11.2 Å². The molecule has 0 saturated carbocycles. The highest BCUT2D eigenvalue weighted by Gasteiger charge is 2.27. The molecule has 21 heavy (non-hydrogen) atoms. The molecule has 108 valence electrons. The quantitative estimate of drug-likeness (QED) is 0.835. The van der Waals surface area contributed by atoms with E-state index in [1.54, 1.807) is 0 Å². The first kappa shape index (κ1) is 13.5. The summed E-state index contributed by atoms with van der Waals surface area (Å²) < 4.78 is 39.5. The van der Waals surface area contributed by atoms with Crippen LogP contribution in [0, 0.1) is 17.5 Å². The molecule has 0 spiro atoms. The Labute approximate surface area is 118 Å². The zero-order chi connectivity index (χ0) is 15.0. The molecule has 2 aromatic rings. The molecular formula is C15H11F3N2O. The fourth-order valence-corrected chi connectivity index (χ4v) is 2.30. The lowest BCUT2D eigenvalue weighted by molar-refractivity contribution is -0.116. The van der Waals surface area contributed by atoms with Crippen LogP contribution >= 0.6 is 0 Å². The van der Waals surface area contributed by atoms with Gasteiger partial charge >= 0.3 is 0 Å². The molecule has 1 amide bonds. The van der Waals surface area contributed by atoms with Gasteiger partial charge in [-0.3, -0.25) is 4.79 Å². The number of anilines is 2. The molecule has 2 aromatic carbocycles. The van der Waals surface area contributed by atoms with Gasteiger partial charge in [0.1, 0.15) is 6.04 Å². The van der Waals surface area contributed by atoms with E-state index in [1.807, 2.05) is 24.3 Å². The molecule has 6 heteroatoms. The Kier molecular flexibility index (Phi) is 3.29. The molecular weight excluding hydrogens is 281 g/mol. The topological polar surface area (TPSA) is 41.1 Å². The van der Waals surface area contributed by atoms with Crippen molar-refractivity contribution in [2.24, 2.45) is 0 Å². The number of para-hydroxylation sites is 1. The van der Waals surface area contributed by atoms with Crippen LogP contribution in [0.4, 0.5) is 24.5 Å². The fourth-order valence-electron chi connectivity index (χ4n) is 2.30. The number of halogens is 3. The number of carbonyl (C=O) groups is 1. The number of rotatable bonds is 2. The second-order valence-corrected chi connectivity index (χ2v) is 4.77. The van der Waals surface area contributed by atoms with E-state index < -0.39 is 29.4 Å². The Morgan fingerprint density at radius 3 is 2.62 bits per heavy atom. The van der Waals surface area contributed by atoms with Gasteiger partial charge in [-0.15, -0.1) is 0 Å². The molecule has 3 rings (SSSR count). The van der Waals surface area contributed by atoms with E-state index in [0.29, 0.717) is 6.42 Å². The lowest BCUT2D eigenvalue weighted by Gasteiger charge is -2.12. The van der Waals surface area contributed by atoms with Gasteiger partial charge in [0.2, 0.25) is 5.91 Å². The molecule has 1 atom stereocenters. The van der Waals surface area contributed by atoms with Crippen molar-refractivity contribution < 1.29 is 18.0 Å². The number of hydrogen-bond acceptors (Lipinski definition) is 2. The van der Waals surface area contributed by atoms with Gasteiger partial charge in [-0.05, 0) is 23.8 Å². The predicted octanol–water partition coefficient (Wildman–Crippen LogP) is 3.08. The zero-order valence-electron chi connectivity index (χ0n) is 10.8. The maximum absolute atomic E-state index is 13.5. The first-order chi connectivity index (χ1) is 10.1. The molecule has 2 N–H and O–H groups in total. The molecule has 0 aliphatic carbocycles. The average molecular weight is 292 g/mol. The first-order valence-electron chi connectivity index (χ1n) is 6.35. The van der Waals surface area contributed by atoms with Gasteiger partial charge in [0.25, 0.3) is 0 Å². The van der Waals surface area contributed by atoms with Crippen LogP contribution in [0.25, 0.3) is 0 Å². The Morgan fingerprint density at radius 2 is 1.86 bits per heavy atom. The van der Waals surface area contributed by atoms with Crippen LogP contribution < -0.4 is 10.6 Å². The van der Waals surface area contributed by atoms with E-state index in [1.165, 1.54) is 0 Å². The molecule has 1 heterocycles. The third-order valence-electron chi connectivity index (χ3n) is 3.38. The summed E-state index contributed by atoms with van der Waals surface area (Å²) in [5.74, 6) is -4.80. The second kappa shape index (κ2) is 5.12. The van der Waals surface area contributed by atoms with E-state index in [4.69, 9.17) is 0 Å². The normalized spacial score (nSPS) is 16.2. The minimum atomic E-state index is -1.60. The maximum atomic E-state index is 13.5. The maximum Gasteiger partial charge on any atom is 0.247 e. The van der Waals surface area contributed by atoms with E-state index in [9.17, 15) is 18.0 Å². The van der Waals surface area contributed by atoms with E-state index >= 15 is 0 Å². The second-order valence-electron chi connectivity index (χ2n) is 4.77. The van der Waals surface area contributed by atoms with Crippen LogP contribution in [-0.4, -0.2) is 11.9 Å². The van der Waals surface area contributed by atoms with E-state index in [0.717, 1.165) is 23.4 Å². The Hall–Kier alpha value is -2.50. The molecule has 1 unspecified atom stereocenters. The summed E-state index contributed by atoms with van der Waals surface area (Å²) in [6, 6.07) is 8.60. The van der Waals surface area contributed by atoms with Crippen LogP contribution in [0.5, 0.6) is 0 Å². The standard InChI is InChI=1S/C15H11F3N2O/c16-9-5-6-11(14(18)13(9)17)20-15(21)12-7-8-3-1-2-4-10(8)19-12/h1-6,12,19H,7H2,(H,20,21). The van der Waals surface area contributed by atoms with Crippen molar-refractivity contribution in [2.75, 3.05) is 10.6 Å². The molecule has 0 aromatic heterocycles. The summed E-state index contributed by atoms with van der Waals surface area (Å²) in [7, 11) is 0. The summed E-state index contributed by atoms with van der Waals surface area (Å²) in [6.45, 7) is 0. The van der Waals surface area contributed by atoms with Gasteiger partial charge in [0.15, 0.2) is 17.5 Å². The van der Waals surface area contributed by atoms with Gasteiger partial charge in [0.05, 0.1) is 5.69 Å². The van der Waals surface area contributed by atoms with Crippen molar-refractivity contribution in [3.05, 3.63) is 59.4 Å². The summed E-state index contributed by atoms with van der Waals surface area (Å²) in [5, 5.41) is 5.27. The SMILES string of the molecule is O=C(Nc1ccc(F)c(F)c1F)C1Cc2ccccc2N1. The molecule has 0 saturated heterocycles. The molecule has 1 aliphatic rings. The van der Waals surface area contributed by atoms with Crippen LogP contribution in [0.1, 0.15) is 5.56 Å². The fraction of sp³-hybridized carbons (Fsp3) is 0.133. The smallest absolute Gasteiger partial charge is 0.247 e. The summed E-state index contributed by atoms with van der Waals surface area (Å²) in [5.41, 5.74) is 1.43. The summed E-state index contributed by atoms with van der Waals surface area (Å²) >= 11 is 0. The van der Waals surface area contributed by atoms with Crippen molar-refractivity contribution in [3.8, 4) is 0 Å².